The molecule has 5 rings (SSSR count). The van der Waals surface area contributed by atoms with E-state index in [9.17, 15) is 32.4 Å². The number of benzene rings is 2. The Kier molecular flexibility index (Phi) is 19.0. The minimum absolute atomic E-state index is 0.0390. The standard InChI is InChI=1S/C17H18N4O6S.C17H25N3O.C6H8O7/c1-10-7-11(2)19-16(18-10)20-17(23)21-28(24,25)14-6-4-3-5-13(14)15(22)27-12-8-26-9-12;1-4-15(14-10-8-7-9-11-14)17-18-16(21-19-17)12-13-20(5-2)6-3;7-3(8)1-6(13,5(11)12)2-4(9)10/h3-7,12H,8-9H2,1-2H3,(H2,18,19,20,21,23);7-11,15H,4-6,12-13H2,1-3H3;13H,1-2H2,(H,7,8)(H,9,10)(H,11,12). The summed E-state index contributed by atoms with van der Waals surface area (Å²) in [5.74, 6) is -4.11. The fraction of sp³-hybridized carbons (Fsp3) is 0.425. The number of carbonyl (C=O) groups excluding carboxylic acids is 2. The molecule has 1 atom stereocenters. The zero-order chi connectivity index (χ0) is 46.0. The molecular formula is C40H51N7O14S. The van der Waals surface area contributed by atoms with Crippen LogP contribution in [0.2, 0.25) is 0 Å². The quantitative estimate of drug-likeness (QED) is 0.0780. The Balaban J connectivity index is 0.000000266. The van der Waals surface area contributed by atoms with E-state index >= 15 is 0 Å². The third-order valence-electron chi connectivity index (χ3n) is 8.94. The number of sulfonamides is 1. The molecule has 2 aromatic carbocycles. The number of anilines is 1. The SMILES string of the molecule is CCC(c1ccccc1)c1noc(CCN(CC)CC)n1.Cc1cc(C)nc(NC(=O)NS(=O)(=O)c2ccccc2C(=O)OC2COC2)n1.O=C(O)CC(O)(CC(=O)O)C(=O)O. The highest BCUT2D eigenvalue weighted by Crippen LogP contribution is 2.25. The maximum absolute atomic E-state index is 12.6. The van der Waals surface area contributed by atoms with E-state index in [2.05, 4.69) is 75.4 Å². The van der Waals surface area contributed by atoms with Crippen molar-refractivity contribution in [3.63, 3.8) is 0 Å². The third-order valence-corrected chi connectivity index (χ3v) is 10.3. The number of nitrogens with one attached hydrogen (secondary N) is 2. The van der Waals surface area contributed by atoms with Crippen molar-refractivity contribution in [2.45, 2.75) is 82.8 Å². The van der Waals surface area contributed by atoms with E-state index in [0.29, 0.717) is 11.4 Å². The van der Waals surface area contributed by atoms with Gasteiger partial charge in [0.2, 0.25) is 11.8 Å². The van der Waals surface area contributed by atoms with Gasteiger partial charge in [0.25, 0.3) is 10.0 Å². The van der Waals surface area contributed by atoms with E-state index in [1.54, 1.807) is 19.9 Å². The number of rotatable bonds is 18. The number of aliphatic hydroxyl groups is 1. The second-order valence-corrected chi connectivity index (χ2v) is 15.4. The molecule has 22 heteroatoms. The number of aryl methyl sites for hydroxylation is 2. The Morgan fingerprint density at radius 1 is 0.887 bits per heavy atom. The summed E-state index contributed by atoms with van der Waals surface area (Å²) >= 11 is 0. The van der Waals surface area contributed by atoms with Crippen molar-refractivity contribution in [3.05, 3.63) is 94.9 Å². The van der Waals surface area contributed by atoms with Crippen LogP contribution in [0.1, 0.15) is 85.0 Å². The van der Waals surface area contributed by atoms with Crippen LogP contribution in [0.15, 0.2) is 70.1 Å². The Bertz CT molecular complexity index is 2210. The summed E-state index contributed by atoms with van der Waals surface area (Å²) in [7, 11) is -4.35. The zero-order valence-electron chi connectivity index (χ0n) is 34.8. The predicted molar refractivity (Wildman–Crippen MR) is 219 cm³/mol. The highest BCUT2D eigenvalue weighted by molar-refractivity contribution is 7.90. The molecule has 0 bridgehead atoms. The first-order valence-electron chi connectivity index (χ1n) is 19.3. The molecule has 1 fully saturated rings. The molecule has 3 heterocycles. The van der Waals surface area contributed by atoms with Crippen LogP contribution in [0.4, 0.5) is 10.7 Å². The highest BCUT2D eigenvalue weighted by atomic mass is 32.2. The average Bonchev–Trinajstić information content (AvgIpc) is 3.65. The third kappa shape index (κ3) is 15.6. The second-order valence-electron chi connectivity index (χ2n) is 13.8. The van der Waals surface area contributed by atoms with Crippen LogP contribution in [0.3, 0.4) is 0 Å². The maximum Gasteiger partial charge on any atom is 0.339 e. The van der Waals surface area contributed by atoms with E-state index in [4.69, 9.17) is 34.4 Å². The second kappa shape index (κ2) is 23.6. The molecule has 0 aliphatic carbocycles. The first kappa shape index (κ1) is 50.0. The predicted octanol–water partition coefficient (Wildman–Crippen LogP) is 3.41. The summed E-state index contributed by atoms with van der Waals surface area (Å²) in [5.41, 5.74) is -0.455. The summed E-state index contributed by atoms with van der Waals surface area (Å²) in [6.45, 7) is 13.5. The van der Waals surface area contributed by atoms with Gasteiger partial charge >= 0.3 is 29.9 Å². The zero-order valence-corrected chi connectivity index (χ0v) is 35.6. The molecule has 0 spiro atoms. The number of urea groups is 1. The number of hydrogen-bond acceptors (Lipinski definition) is 16. The van der Waals surface area contributed by atoms with E-state index in [0.717, 1.165) is 44.2 Å². The number of hydrogen-bond donors (Lipinski definition) is 6. The molecular weight excluding hydrogens is 835 g/mol. The van der Waals surface area contributed by atoms with Crippen LogP contribution in [0.25, 0.3) is 0 Å². The number of esters is 1. The normalized spacial score (nSPS) is 13.0. The topological polar surface area (TPSA) is 311 Å². The molecule has 1 aliphatic heterocycles. The van der Waals surface area contributed by atoms with Crippen molar-refractivity contribution in [1.29, 1.82) is 0 Å². The van der Waals surface area contributed by atoms with E-state index in [1.807, 2.05) is 10.8 Å². The van der Waals surface area contributed by atoms with Crippen molar-refractivity contribution in [2.24, 2.45) is 0 Å². The van der Waals surface area contributed by atoms with Gasteiger partial charge in [-0.05, 0) is 57.1 Å². The number of aromatic nitrogens is 4. The first-order valence-corrected chi connectivity index (χ1v) is 20.8. The van der Waals surface area contributed by atoms with Gasteiger partial charge in [-0.3, -0.25) is 14.9 Å². The Hall–Kier alpha value is -6.36. The number of carboxylic acid groups (broad SMARTS) is 3. The van der Waals surface area contributed by atoms with Gasteiger partial charge in [-0.2, -0.15) is 4.98 Å². The van der Waals surface area contributed by atoms with Gasteiger partial charge in [-0.25, -0.2) is 37.5 Å². The molecule has 2 aromatic heterocycles. The lowest BCUT2D eigenvalue weighted by molar-refractivity contribution is -0.170. The van der Waals surface area contributed by atoms with Gasteiger partial charge < -0.3 is 39.3 Å². The summed E-state index contributed by atoms with van der Waals surface area (Å²) in [5, 5.41) is 40.3. The lowest BCUT2D eigenvalue weighted by atomic mass is 9.96. The first-order chi connectivity index (χ1) is 29.3. The van der Waals surface area contributed by atoms with Crippen molar-refractivity contribution >= 4 is 45.9 Å². The minimum atomic E-state index is -4.35. The Morgan fingerprint density at radius 3 is 1.98 bits per heavy atom. The summed E-state index contributed by atoms with van der Waals surface area (Å²) in [6, 6.07) is 16.5. The van der Waals surface area contributed by atoms with Crippen LogP contribution in [0, 0.1) is 13.8 Å². The lowest BCUT2D eigenvalue weighted by Gasteiger charge is -2.25. The molecule has 1 unspecified atom stereocenters. The molecule has 0 saturated carbocycles. The summed E-state index contributed by atoms with van der Waals surface area (Å²) < 4.78 is 42.6. The number of nitrogens with zero attached hydrogens (tertiary/aromatic N) is 5. The van der Waals surface area contributed by atoms with E-state index in [-0.39, 0.29) is 35.5 Å². The van der Waals surface area contributed by atoms with Gasteiger partial charge in [0.1, 0.15) is 11.0 Å². The molecule has 4 aromatic rings. The maximum atomic E-state index is 12.6. The van der Waals surface area contributed by atoms with Crippen LogP contribution >= 0.6 is 0 Å². The number of ether oxygens (including phenoxy) is 2. The van der Waals surface area contributed by atoms with Crippen molar-refractivity contribution in [1.82, 2.24) is 29.7 Å². The fourth-order valence-corrected chi connectivity index (χ4v) is 6.83. The molecule has 0 radical (unpaired) electrons. The molecule has 6 N–H and O–H groups in total. The Morgan fingerprint density at radius 2 is 1.47 bits per heavy atom. The molecule has 62 heavy (non-hydrogen) atoms. The van der Waals surface area contributed by atoms with Gasteiger partial charge in [-0.1, -0.05) is 68.4 Å². The molecule has 2 amide bonds. The molecule has 21 nitrogen and oxygen atoms in total. The lowest BCUT2D eigenvalue weighted by Crippen LogP contribution is -2.42. The summed E-state index contributed by atoms with van der Waals surface area (Å²) in [4.78, 5) is 69.5. The average molecular weight is 886 g/mol. The molecule has 1 aliphatic rings. The van der Waals surface area contributed by atoms with Crippen LogP contribution in [-0.4, -0.2) is 128 Å². The van der Waals surface area contributed by atoms with E-state index in [1.165, 1.54) is 29.8 Å². The number of aliphatic carboxylic acids is 3. The minimum Gasteiger partial charge on any atom is -0.481 e. The number of carboxylic acids is 3. The van der Waals surface area contributed by atoms with Gasteiger partial charge in [-0.15, -0.1) is 0 Å². The smallest absolute Gasteiger partial charge is 0.339 e. The van der Waals surface area contributed by atoms with E-state index < -0.39 is 64.5 Å². The summed E-state index contributed by atoms with van der Waals surface area (Å²) in [6.07, 6.45) is -0.913. The fourth-order valence-electron chi connectivity index (χ4n) is 5.72. The van der Waals surface area contributed by atoms with Gasteiger partial charge in [0.05, 0.1) is 31.6 Å². The largest absolute Gasteiger partial charge is 0.481 e. The highest BCUT2D eigenvalue weighted by Gasteiger charge is 2.41. The van der Waals surface area contributed by atoms with Crippen LogP contribution < -0.4 is 10.0 Å². The molecule has 1 saturated heterocycles. The van der Waals surface area contributed by atoms with Gasteiger partial charge in [0, 0.05) is 30.3 Å². The number of carbonyl (C=O) groups is 5. The van der Waals surface area contributed by atoms with Crippen LogP contribution in [-0.2, 0) is 40.3 Å². The van der Waals surface area contributed by atoms with Crippen molar-refractivity contribution in [2.75, 3.05) is 38.2 Å². The molecule has 336 valence electrons. The van der Waals surface area contributed by atoms with Crippen molar-refractivity contribution < 1.29 is 66.8 Å². The monoisotopic (exact) mass is 885 g/mol. The van der Waals surface area contributed by atoms with Crippen molar-refractivity contribution in [3.8, 4) is 0 Å². The van der Waals surface area contributed by atoms with Gasteiger partial charge in [0.15, 0.2) is 11.4 Å². The Labute approximate surface area is 357 Å². The number of amides is 2. The number of likely N-dealkylation sites (N-methyl/N-ethyl adjacent to an activating group) is 1. The van der Waals surface area contributed by atoms with Crippen LogP contribution in [0.5, 0.6) is 0 Å².